The van der Waals surface area contributed by atoms with Crippen molar-refractivity contribution in [2.45, 2.75) is 0 Å². The van der Waals surface area contributed by atoms with E-state index in [1.54, 1.807) is 12.1 Å². The van der Waals surface area contributed by atoms with Gasteiger partial charge in [0.25, 0.3) is 0 Å². The van der Waals surface area contributed by atoms with Crippen LogP contribution in [-0.2, 0) is 0 Å². The summed E-state index contributed by atoms with van der Waals surface area (Å²) in [6, 6.07) is 8.35. The van der Waals surface area contributed by atoms with E-state index in [9.17, 15) is 19.8 Å². The monoisotopic (exact) mass is 313 g/mol. The van der Waals surface area contributed by atoms with Gasteiger partial charge in [-0.2, -0.15) is 0 Å². The Balaban J connectivity index is 2.12. The second-order valence-corrected chi connectivity index (χ2v) is 4.76. The molecule has 0 aliphatic rings. The highest BCUT2D eigenvalue weighted by atomic mass is 16.5. The number of nitrogens with two attached hydrogens (primary N) is 1. The van der Waals surface area contributed by atoms with Crippen molar-refractivity contribution in [2.24, 2.45) is 5.73 Å². The smallest absolute Gasteiger partial charge is 0.409 e. The quantitative estimate of drug-likeness (QED) is 0.667. The molecule has 0 saturated carbocycles. The molecule has 3 aromatic rings. The molecular weight excluding hydrogens is 302 g/mol. The summed E-state index contributed by atoms with van der Waals surface area (Å²) in [5.74, 6) is -0.345. The first-order valence-electron chi connectivity index (χ1n) is 6.51. The van der Waals surface area contributed by atoms with E-state index in [0.717, 1.165) is 6.07 Å². The van der Waals surface area contributed by atoms with E-state index in [2.05, 4.69) is 0 Å². The van der Waals surface area contributed by atoms with Gasteiger partial charge in [0.15, 0.2) is 0 Å². The van der Waals surface area contributed by atoms with Gasteiger partial charge < -0.3 is 25.1 Å². The number of rotatable bonds is 2. The van der Waals surface area contributed by atoms with E-state index in [1.807, 2.05) is 0 Å². The van der Waals surface area contributed by atoms with E-state index in [4.69, 9.17) is 14.9 Å². The minimum Gasteiger partial charge on any atom is -0.508 e. The lowest BCUT2D eigenvalue weighted by Gasteiger charge is -2.06. The predicted molar refractivity (Wildman–Crippen MR) is 81.5 cm³/mol. The van der Waals surface area contributed by atoms with Crippen LogP contribution in [0.3, 0.4) is 0 Å². The molecule has 0 aliphatic heterocycles. The highest BCUT2D eigenvalue weighted by Gasteiger charge is 2.14. The Bertz CT molecular complexity index is 959. The van der Waals surface area contributed by atoms with Crippen LogP contribution in [0.25, 0.3) is 22.1 Å². The van der Waals surface area contributed by atoms with Crippen LogP contribution in [0.1, 0.15) is 0 Å². The molecule has 7 nitrogen and oxygen atoms in total. The zero-order chi connectivity index (χ0) is 16.6. The maximum absolute atomic E-state index is 12.5. The normalized spacial score (nSPS) is 10.6. The second kappa shape index (κ2) is 5.38. The number of ether oxygens (including phenoxy) is 1. The molecule has 0 unspecified atom stereocenters. The van der Waals surface area contributed by atoms with E-state index >= 15 is 0 Å². The van der Waals surface area contributed by atoms with Crippen LogP contribution in [0.5, 0.6) is 17.2 Å². The molecule has 0 spiro atoms. The van der Waals surface area contributed by atoms with Crippen LogP contribution < -0.4 is 15.9 Å². The molecule has 0 radical (unpaired) electrons. The number of hydrogen-bond acceptors (Lipinski definition) is 6. The number of fused-ring (bicyclic) bond motifs is 1. The number of phenols is 2. The Morgan fingerprint density at radius 1 is 1.13 bits per heavy atom. The molecule has 0 bridgehead atoms. The van der Waals surface area contributed by atoms with Crippen molar-refractivity contribution >= 4 is 17.1 Å². The molecule has 0 fully saturated rings. The van der Waals surface area contributed by atoms with Gasteiger partial charge in [-0.05, 0) is 17.7 Å². The summed E-state index contributed by atoms with van der Waals surface area (Å²) in [6.45, 7) is 0. The van der Waals surface area contributed by atoms with E-state index in [1.165, 1.54) is 24.5 Å². The first-order chi connectivity index (χ1) is 11.0. The van der Waals surface area contributed by atoms with Gasteiger partial charge in [0.1, 0.15) is 34.5 Å². The molecule has 7 heteroatoms. The topological polar surface area (TPSA) is 123 Å². The largest absolute Gasteiger partial charge is 0.508 e. The number of aromatic hydroxyl groups is 2. The Morgan fingerprint density at radius 2 is 1.83 bits per heavy atom. The van der Waals surface area contributed by atoms with Gasteiger partial charge in [-0.3, -0.25) is 4.79 Å². The maximum Gasteiger partial charge on any atom is 0.409 e. The molecule has 0 atom stereocenters. The molecule has 1 amide bonds. The third kappa shape index (κ3) is 2.67. The lowest BCUT2D eigenvalue weighted by Crippen LogP contribution is -2.16. The molecule has 116 valence electrons. The number of phenolic OH excluding ortho intramolecular Hbond substituents is 2. The zero-order valence-electron chi connectivity index (χ0n) is 11.6. The van der Waals surface area contributed by atoms with E-state index in [-0.39, 0.29) is 33.8 Å². The standard InChI is InChI=1S/C16H11NO6/c17-16(21)23-10-3-1-8(2-4-10)11-7-22-13-6-9(18)5-12(19)14(13)15(11)20/h1-7,18-19H,(H2,17,21). The van der Waals surface area contributed by atoms with Crippen molar-refractivity contribution in [1.82, 2.24) is 0 Å². The molecule has 2 aromatic carbocycles. The van der Waals surface area contributed by atoms with Crippen molar-refractivity contribution in [3.8, 4) is 28.4 Å². The number of carbonyl (C=O) groups excluding carboxylic acids is 1. The predicted octanol–water partition coefficient (Wildman–Crippen LogP) is 2.33. The lowest BCUT2D eigenvalue weighted by molar-refractivity contribution is 0.211. The summed E-state index contributed by atoms with van der Waals surface area (Å²) in [5.41, 5.74) is 5.25. The van der Waals surface area contributed by atoms with Gasteiger partial charge in [-0.1, -0.05) is 12.1 Å². The fourth-order valence-electron chi connectivity index (χ4n) is 2.24. The van der Waals surface area contributed by atoms with Crippen LogP contribution in [-0.4, -0.2) is 16.3 Å². The molecule has 1 aromatic heterocycles. The highest BCUT2D eigenvalue weighted by molar-refractivity contribution is 5.88. The first kappa shape index (κ1) is 14.5. The Labute approximate surface area is 129 Å². The Hall–Kier alpha value is -3.48. The minimum atomic E-state index is -0.937. The molecule has 4 N–H and O–H groups in total. The van der Waals surface area contributed by atoms with Crippen LogP contribution in [0.2, 0.25) is 0 Å². The SMILES string of the molecule is NC(=O)Oc1ccc(-c2coc3cc(O)cc(O)c3c2=O)cc1. The summed E-state index contributed by atoms with van der Waals surface area (Å²) in [5, 5.41) is 19.2. The minimum absolute atomic E-state index is 0.0298. The van der Waals surface area contributed by atoms with E-state index in [0.29, 0.717) is 5.56 Å². The number of benzene rings is 2. The number of primary amides is 1. The fourth-order valence-corrected chi connectivity index (χ4v) is 2.24. The molecular formula is C16H11NO6. The van der Waals surface area contributed by atoms with Gasteiger partial charge in [0.05, 0.1) is 5.56 Å². The average Bonchev–Trinajstić information content (AvgIpc) is 2.47. The molecule has 0 aliphatic carbocycles. The Kier molecular flexibility index (Phi) is 3.38. The third-order valence-corrected chi connectivity index (χ3v) is 3.23. The highest BCUT2D eigenvalue weighted by Crippen LogP contribution is 2.30. The van der Waals surface area contributed by atoms with Crippen LogP contribution in [0.15, 0.2) is 51.9 Å². The first-order valence-corrected chi connectivity index (χ1v) is 6.51. The molecule has 3 rings (SSSR count). The summed E-state index contributed by atoms with van der Waals surface area (Å²) in [7, 11) is 0. The van der Waals surface area contributed by atoms with Crippen molar-refractivity contribution < 1.29 is 24.2 Å². The van der Waals surface area contributed by atoms with Crippen molar-refractivity contribution in [1.29, 1.82) is 0 Å². The van der Waals surface area contributed by atoms with Gasteiger partial charge in [-0.25, -0.2) is 4.79 Å². The second-order valence-electron chi connectivity index (χ2n) is 4.76. The van der Waals surface area contributed by atoms with Gasteiger partial charge in [0, 0.05) is 12.1 Å². The van der Waals surface area contributed by atoms with Crippen molar-refractivity contribution in [2.75, 3.05) is 0 Å². The van der Waals surface area contributed by atoms with Gasteiger partial charge in [-0.15, -0.1) is 0 Å². The average molecular weight is 313 g/mol. The molecule has 23 heavy (non-hydrogen) atoms. The van der Waals surface area contributed by atoms with Crippen LogP contribution in [0.4, 0.5) is 4.79 Å². The number of carbonyl (C=O) groups is 1. The number of hydrogen-bond donors (Lipinski definition) is 3. The summed E-state index contributed by atoms with van der Waals surface area (Å²) in [4.78, 5) is 23.2. The van der Waals surface area contributed by atoms with Gasteiger partial charge in [0.2, 0.25) is 5.43 Å². The Morgan fingerprint density at radius 3 is 2.48 bits per heavy atom. The fraction of sp³-hybridized carbons (Fsp3) is 0. The van der Waals surface area contributed by atoms with Crippen molar-refractivity contribution in [3.05, 3.63) is 52.9 Å². The summed E-state index contributed by atoms with van der Waals surface area (Å²) < 4.78 is 10.0. The molecule has 1 heterocycles. The third-order valence-electron chi connectivity index (χ3n) is 3.23. The van der Waals surface area contributed by atoms with E-state index < -0.39 is 11.5 Å². The maximum atomic E-state index is 12.5. The zero-order valence-corrected chi connectivity index (χ0v) is 11.6. The molecule has 0 saturated heterocycles. The summed E-state index contributed by atoms with van der Waals surface area (Å²) in [6.07, 6.45) is 0.292. The van der Waals surface area contributed by atoms with Gasteiger partial charge >= 0.3 is 6.09 Å². The summed E-state index contributed by atoms with van der Waals surface area (Å²) >= 11 is 0. The lowest BCUT2D eigenvalue weighted by atomic mass is 10.0. The van der Waals surface area contributed by atoms with Crippen molar-refractivity contribution in [3.63, 3.8) is 0 Å². The number of amides is 1. The van der Waals surface area contributed by atoms with Crippen LogP contribution >= 0.6 is 0 Å². The van der Waals surface area contributed by atoms with Crippen LogP contribution in [0, 0.1) is 0 Å².